The lowest BCUT2D eigenvalue weighted by Crippen LogP contribution is -2.63. The van der Waals surface area contributed by atoms with E-state index in [1.54, 1.807) is 48.5 Å². The van der Waals surface area contributed by atoms with Gasteiger partial charge in [-0.05, 0) is 47.9 Å². The molecule has 4 fully saturated rings. The first-order chi connectivity index (χ1) is 17.5. The van der Waals surface area contributed by atoms with E-state index in [0.717, 1.165) is 0 Å². The number of imide groups is 2. The van der Waals surface area contributed by atoms with Crippen LogP contribution in [0.15, 0.2) is 60.7 Å². The average molecular weight is 485 g/mol. The van der Waals surface area contributed by atoms with Gasteiger partial charge in [-0.25, -0.2) is 9.80 Å². The third-order valence-corrected chi connectivity index (χ3v) is 8.97. The van der Waals surface area contributed by atoms with Gasteiger partial charge in [0.1, 0.15) is 11.5 Å². The van der Waals surface area contributed by atoms with E-state index in [1.807, 2.05) is 12.2 Å². The summed E-state index contributed by atoms with van der Waals surface area (Å²) < 4.78 is 10.6. The predicted molar refractivity (Wildman–Crippen MR) is 128 cm³/mol. The van der Waals surface area contributed by atoms with E-state index in [4.69, 9.17) is 9.47 Å². The number of methoxy groups -OCH3 is 2. The van der Waals surface area contributed by atoms with Gasteiger partial charge in [0.2, 0.25) is 23.6 Å². The van der Waals surface area contributed by atoms with Gasteiger partial charge < -0.3 is 9.47 Å². The lowest BCUT2D eigenvalue weighted by atomic mass is 9.40. The summed E-state index contributed by atoms with van der Waals surface area (Å²) in [5, 5.41) is 0. The molecule has 0 N–H and O–H groups in total. The molecule has 36 heavy (non-hydrogen) atoms. The number of carbonyl (C=O) groups excluding carboxylic acids is 4. The zero-order valence-corrected chi connectivity index (χ0v) is 19.7. The van der Waals surface area contributed by atoms with E-state index in [-0.39, 0.29) is 47.3 Å². The van der Waals surface area contributed by atoms with Gasteiger partial charge in [-0.1, -0.05) is 24.3 Å². The molecule has 8 nitrogen and oxygen atoms in total. The van der Waals surface area contributed by atoms with Gasteiger partial charge in [-0.2, -0.15) is 0 Å². The van der Waals surface area contributed by atoms with E-state index >= 15 is 0 Å². The van der Waals surface area contributed by atoms with Crippen molar-refractivity contribution in [3.63, 3.8) is 0 Å². The summed E-state index contributed by atoms with van der Waals surface area (Å²) in [7, 11) is 3.08. The molecule has 4 aliphatic carbocycles. The highest BCUT2D eigenvalue weighted by Crippen LogP contribution is 2.68. The first-order valence-corrected chi connectivity index (χ1v) is 12.2. The molecule has 0 radical (unpaired) electrons. The van der Waals surface area contributed by atoms with E-state index < -0.39 is 23.7 Å². The molecule has 2 saturated carbocycles. The molecule has 8 atom stereocenters. The van der Waals surface area contributed by atoms with Crippen molar-refractivity contribution in [1.29, 1.82) is 0 Å². The zero-order valence-electron chi connectivity index (χ0n) is 19.7. The number of amides is 4. The molecule has 0 unspecified atom stereocenters. The second-order valence-corrected chi connectivity index (χ2v) is 10.2. The van der Waals surface area contributed by atoms with Crippen molar-refractivity contribution in [2.75, 3.05) is 24.0 Å². The third-order valence-electron chi connectivity index (χ3n) is 8.97. The van der Waals surface area contributed by atoms with E-state index in [0.29, 0.717) is 22.9 Å². The van der Waals surface area contributed by atoms with Crippen molar-refractivity contribution < 1.29 is 28.7 Å². The lowest BCUT2D eigenvalue weighted by Gasteiger charge is -2.60. The molecule has 2 aromatic rings. The zero-order chi connectivity index (χ0) is 24.9. The largest absolute Gasteiger partial charge is 0.497 e. The van der Waals surface area contributed by atoms with Gasteiger partial charge in [0.05, 0.1) is 49.3 Å². The molecule has 0 spiro atoms. The summed E-state index contributed by atoms with van der Waals surface area (Å²) >= 11 is 0. The lowest BCUT2D eigenvalue weighted by molar-refractivity contribution is -0.166. The van der Waals surface area contributed by atoms with Crippen LogP contribution in [0.1, 0.15) is 0 Å². The van der Waals surface area contributed by atoms with Gasteiger partial charge in [0, 0.05) is 12.1 Å². The summed E-state index contributed by atoms with van der Waals surface area (Å²) in [6.45, 7) is 0. The van der Waals surface area contributed by atoms with Crippen LogP contribution >= 0.6 is 0 Å². The minimum absolute atomic E-state index is 0.125. The number of hydrogen-bond donors (Lipinski definition) is 0. The van der Waals surface area contributed by atoms with E-state index in [1.165, 1.54) is 24.0 Å². The second-order valence-electron chi connectivity index (χ2n) is 10.2. The minimum Gasteiger partial charge on any atom is -0.497 e. The summed E-state index contributed by atoms with van der Waals surface area (Å²) in [6, 6.07) is 13.9. The number of nitrogens with zero attached hydrogens (tertiary/aromatic N) is 2. The van der Waals surface area contributed by atoms with Crippen LogP contribution in [0.3, 0.4) is 0 Å². The van der Waals surface area contributed by atoms with Crippen molar-refractivity contribution >= 4 is 35.0 Å². The monoisotopic (exact) mass is 484 g/mol. The van der Waals surface area contributed by atoms with Gasteiger partial charge in [0.15, 0.2) is 0 Å². The molecule has 0 aromatic heterocycles. The highest BCUT2D eigenvalue weighted by atomic mass is 16.5. The maximum absolute atomic E-state index is 13.7. The molecule has 2 aromatic carbocycles. The Morgan fingerprint density at radius 2 is 0.972 bits per heavy atom. The van der Waals surface area contributed by atoms with Crippen LogP contribution < -0.4 is 19.3 Å². The van der Waals surface area contributed by atoms with Gasteiger partial charge in [0.25, 0.3) is 0 Å². The highest BCUT2D eigenvalue weighted by Gasteiger charge is 2.75. The van der Waals surface area contributed by atoms with Crippen LogP contribution in [0.5, 0.6) is 11.5 Å². The summed E-state index contributed by atoms with van der Waals surface area (Å²) in [5.74, 6) is -2.52. The minimum atomic E-state index is -0.519. The van der Waals surface area contributed by atoms with Crippen molar-refractivity contribution in [2.24, 2.45) is 47.3 Å². The van der Waals surface area contributed by atoms with Crippen LogP contribution in [0.2, 0.25) is 0 Å². The van der Waals surface area contributed by atoms with Crippen molar-refractivity contribution in [3.8, 4) is 11.5 Å². The quantitative estimate of drug-likeness (QED) is 0.489. The van der Waals surface area contributed by atoms with Crippen LogP contribution in [0.25, 0.3) is 0 Å². The summed E-state index contributed by atoms with van der Waals surface area (Å²) in [6.07, 6.45) is 4.02. The fourth-order valence-corrected chi connectivity index (χ4v) is 7.61. The number of hydrogen-bond acceptors (Lipinski definition) is 6. The maximum atomic E-state index is 13.7. The Labute approximate surface area is 207 Å². The molecule has 6 aliphatic rings. The molecule has 2 heterocycles. The SMILES string of the molecule is COc1cccc(N2C(=O)[C@@H]3[C@H]4C=C[C@H]([C@@H]3C2=O)[C@@H]2[C@H]3C(=O)N(c5cccc(OC)c5)C(=O)[C@@H]3[C@@H]42)c1. The van der Waals surface area contributed by atoms with E-state index in [2.05, 4.69) is 0 Å². The Bertz CT molecular complexity index is 1330. The topological polar surface area (TPSA) is 93.2 Å². The Balaban J connectivity index is 1.24. The van der Waals surface area contributed by atoms with Crippen molar-refractivity contribution in [3.05, 3.63) is 60.7 Å². The molecular weight excluding hydrogens is 460 g/mol. The van der Waals surface area contributed by atoms with Gasteiger partial charge in [-0.3, -0.25) is 19.2 Å². The van der Waals surface area contributed by atoms with Crippen LogP contribution in [-0.4, -0.2) is 37.8 Å². The molecule has 2 aliphatic heterocycles. The number of anilines is 2. The predicted octanol–water partition coefficient (Wildman–Crippen LogP) is 2.68. The third kappa shape index (κ3) is 2.49. The second kappa shape index (κ2) is 7.29. The fraction of sp³-hybridized carbons (Fsp3) is 0.357. The van der Waals surface area contributed by atoms with Gasteiger partial charge in [-0.15, -0.1) is 0 Å². The van der Waals surface area contributed by atoms with Crippen LogP contribution in [0.4, 0.5) is 11.4 Å². The molecule has 2 saturated heterocycles. The number of fused-ring (bicyclic) bond motifs is 1. The molecule has 8 rings (SSSR count). The first kappa shape index (κ1) is 21.4. The molecule has 2 bridgehead atoms. The highest BCUT2D eigenvalue weighted by molar-refractivity contribution is 6.25. The standard InChI is InChI=1S/C28H24N2O6/c1-35-15-7-3-5-13(11-15)29-25(31)21-17-9-10-18(22(21)26(29)32)20-19(17)23-24(20)28(34)30(27(23)33)14-6-4-8-16(12-14)36-2/h3-12,17-24H,1-2H3/t17-,18-,19-,20-,21-,22+,23+,24+/m0/s1. The molecule has 182 valence electrons. The molecule has 4 amide bonds. The number of allylic oxidation sites excluding steroid dienone is 2. The van der Waals surface area contributed by atoms with Crippen molar-refractivity contribution in [1.82, 2.24) is 0 Å². The Hall–Kier alpha value is -3.94. The number of rotatable bonds is 4. The average Bonchev–Trinajstić information content (AvgIpc) is 3.27. The molecule has 8 heteroatoms. The van der Waals surface area contributed by atoms with E-state index in [9.17, 15) is 19.2 Å². The fourth-order valence-electron chi connectivity index (χ4n) is 7.61. The first-order valence-electron chi connectivity index (χ1n) is 12.2. The number of ether oxygens (including phenoxy) is 2. The Morgan fingerprint density at radius 3 is 1.36 bits per heavy atom. The number of carbonyl (C=O) groups is 4. The van der Waals surface area contributed by atoms with Gasteiger partial charge >= 0.3 is 0 Å². The number of benzene rings is 2. The Morgan fingerprint density at radius 1 is 0.583 bits per heavy atom. The van der Waals surface area contributed by atoms with Crippen molar-refractivity contribution in [2.45, 2.75) is 0 Å². The summed E-state index contributed by atoms with van der Waals surface area (Å²) in [4.78, 5) is 57.0. The smallest absolute Gasteiger partial charge is 0.238 e. The van der Waals surface area contributed by atoms with Crippen LogP contribution in [-0.2, 0) is 19.2 Å². The molecular formula is C28H24N2O6. The summed E-state index contributed by atoms with van der Waals surface area (Å²) in [5.41, 5.74) is 0.981. The Kier molecular flexibility index (Phi) is 4.32. The normalized spacial score (nSPS) is 35.5. The van der Waals surface area contributed by atoms with Crippen LogP contribution in [0, 0.1) is 47.3 Å². The maximum Gasteiger partial charge on any atom is 0.238 e.